The summed E-state index contributed by atoms with van der Waals surface area (Å²) in [6.07, 6.45) is 0. The molecule has 1 saturated heterocycles. The molecule has 0 aromatic heterocycles. The predicted octanol–water partition coefficient (Wildman–Crippen LogP) is 2.79. The van der Waals surface area contributed by atoms with Crippen molar-refractivity contribution in [2.24, 2.45) is 0 Å². The normalized spacial score (nSPS) is 16.9. The Morgan fingerprint density at radius 2 is 1.94 bits per heavy atom. The zero-order valence-corrected chi connectivity index (χ0v) is 9.87. The van der Waals surface area contributed by atoms with Crippen LogP contribution in [0.25, 0.3) is 0 Å². The van der Waals surface area contributed by atoms with E-state index in [2.05, 4.69) is 13.8 Å². The number of ether oxygens (including phenoxy) is 1. The lowest BCUT2D eigenvalue weighted by Crippen LogP contribution is -2.36. The van der Waals surface area contributed by atoms with E-state index in [9.17, 15) is 4.39 Å². The van der Waals surface area contributed by atoms with E-state index in [4.69, 9.17) is 4.74 Å². The first kappa shape index (κ1) is 11.4. The highest BCUT2D eigenvalue weighted by Gasteiger charge is 2.15. The molecule has 1 fully saturated rings. The van der Waals surface area contributed by atoms with Crippen LogP contribution in [0.15, 0.2) is 18.2 Å². The van der Waals surface area contributed by atoms with Crippen LogP contribution in [0.4, 0.5) is 10.1 Å². The Hall–Kier alpha value is -1.09. The van der Waals surface area contributed by atoms with Gasteiger partial charge in [0.05, 0.1) is 18.9 Å². The summed E-state index contributed by atoms with van der Waals surface area (Å²) in [6, 6.07) is 5.55. The molecule has 0 amide bonds. The Bertz CT molecular complexity index is 359. The Labute approximate surface area is 96.0 Å². The molecule has 1 heterocycles. The fourth-order valence-electron chi connectivity index (χ4n) is 1.94. The maximum atomic E-state index is 13.9. The first-order valence-electron chi connectivity index (χ1n) is 5.80. The lowest BCUT2D eigenvalue weighted by Gasteiger charge is -2.29. The van der Waals surface area contributed by atoms with Crippen molar-refractivity contribution in [1.82, 2.24) is 0 Å². The van der Waals surface area contributed by atoms with E-state index in [1.807, 2.05) is 17.0 Å². The number of nitrogens with zero attached hydrogens (tertiary/aromatic N) is 1. The third-order valence-corrected chi connectivity index (χ3v) is 2.99. The molecule has 1 aromatic carbocycles. The smallest absolute Gasteiger partial charge is 0.146 e. The van der Waals surface area contributed by atoms with Crippen molar-refractivity contribution < 1.29 is 9.13 Å². The van der Waals surface area contributed by atoms with E-state index >= 15 is 0 Å². The van der Waals surface area contributed by atoms with Gasteiger partial charge in [0.25, 0.3) is 0 Å². The monoisotopic (exact) mass is 223 g/mol. The van der Waals surface area contributed by atoms with E-state index in [0.717, 1.165) is 18.7 Å². The molecule has 0 bridgehead atoms. The zero-order valence-electron chi connectivity index (χ0n) is 9.87. The second-order valence-corrected chi connectivity index (χ2v) is 4.46. The number of halogens is 1. The predicted molar refractivity (Wildman–Crippen MR) is 63.5 cm³/mol. The first-order chi connectivity index (χ1) is 7.68. The van der Waals surface area contributed by atoms with Crippen LogP contribution >= 0.6 is 0 Å². The number of anilines is 1. The largest absolute Gasteiger partial charge is 0.378 e. The van der Waals surface area contributed by atoms with Gasteiger partial charge in [-0.05, 0) is 23.6 Å². The van der Waals surface area contributed by atoms with Crippen LogP contribution in [0.1, 0.15) is 25.3 Å². The number of hydrogen-bond donors (Lipinski definition) is 0. The molecule has 0 N–H and O–H groups in total. The molecule has 0 atom stereocenters. The SMILES string of the molecule is CC(C)c1ccc(N2CCOCC2)c(F)c1. The summed E-state index contributed by atoms with van der Waals surface area (Å²) < 4.78 is 19.2. The van der Waals surface area contributed by atoms with Gasteiger partial charge in [-0.2, -0.15) is 0 Å². The summed E-state index contributed by atoms with van der Waals surface area (Å²) in [5.74, 6) is 0.251. The number of benzene rings is 1. The molecule has 3 heteroatoms. The summed E-state index contributed by atoms with van der Waals surface area (Å²) >= 11 is 0. The van der Waals surface area contributed by atoms with Crippen LogP contribution in [0.5, 0.6) is 0 Å². The van der Waals surface area contributed by atoms with Gasteiger partial charge in [-0.1, -0.05) is 19.9 Å². The molecule has 0 unspecified atom stereocenters. The fraction of sp³-hybridized carbons (Fsp3) is 0.538. The fourth-order valence-corrected chi connectivity index (χ4v) is 1.94. The molecule has 0 radical (unpaired) electrons. The van der Waals surface area contributed by atoms with E-state index in [1.165, 1.54) is 0 Å². The number of morpholine rings is 1. The van der Waals surface area contributed by atoms with Gasteiger partial charge in [-0.25, -0.2) is 4.39 Å². The van der Waals surface area contributed by atoms with Crippen LogP contribution in [-0.2, 0) is 4.74 Å². The van der Waals surface area contributed by atoms with Crippen molar-refractivity contribution >= 4 is 5.69 Å². The van der Waals surface area contributed by atoms with Crippen molar-refractivity contribution in [2.45, 2.75) is 19.8 Å². The van der Waals surface area contributed by atoms with Gasteiger partial charge in [0.2, 0.25) is 0 Å². The van der Waals surface area contributed by atoms with Crippen LogP contribution in [0.2, 0.25) is 0 Å². The summed E-state index contributed by atoms with van der Waals surface area (Å²) in [5.41, 5.74) is 1.75. The molecule has 1 aromatic rings. The maximum absolute atomic E-state index is 13.9. The van der Waals surface area contributed by atoms with Crippen molar-refractivity contribution in [3.05, 3.63) is 29.6 Å². The highest BCUT2D eigenvalue weighted by atomic mass is 19.1. The van der Waals surface area contributed by atoms with Crippen molar-refractivity contribution in [2.75, 3.05) is 31.2 Å². The third-order valence-electron chi connectivity index (χ3n) is 2.99. The molecule has 1 aliphatic rings. The second-order valence-electron chi connectivity index (χ2n) is 4.46. The summed E-state index contributed by atoms with van der Waals surface area (Å²) in [7, 11) is 0. The molecule has 88 valence electrons. The zero-order chi connectivity index (χ0) is 11.5. The molecule has 0 spiro atoms. The van der Waals surface area contributed by atoms with E-state index in [1.54, 1.807) is 6.07 Å². The van der Waals surface area contributed by atoms with Gasteiger partial charge < -0.3 is 9.64 Å². The Morgan fingerprint density at radius 3 is 2.50 bits per heavy atom. The van der Waals surface area contributed by atoms with E-state index in [-0.39, 0.29) is 5.82 Å². The van der Waals surface area contributed by atoms with E-state index < -0.39 is 0 Å². The van der Waals surface area contributed by atoms with Crippen molar-refractivity contribution in [3.8, 4) is 0 Å². The van der Waals surface area contributed by atoms with Crippen LogP contribution in [-0.4, -0.2) is 26.3 Å². The Kier molecular flexibility index (Phi) is 3.44. The minimum Gasteiger partial charge on any atom is -0.378 e. The molecule has 2 rings (SSSR count). The third kappa shape index (κ3) is 2.35. The lowest BCUT2D eigenvalue weighted by molar-refractivity contribution is 0.122. The molecule has 2 nitrogen and oxygen atoms in total. The molecular formula is C13H18FNO. The van der Waals surface area contributed by atoms with Gasteiger partial charge in [-0.3, -0.25) is 0 Å². The molecular weight excluding hydrogens is 205 g/mol. The van der Waals surface area contributed by atoms with Gasteiger partial charge in [-0.15, -0.1) is 0 Å². The number of rotatable bonds is 2. The summed E-state index contributed by atoms with van der Waals surface area (Å²) in [4.78, 5) is 2.04. The number of hydrogen-bond acceptors (Lipinski definition) is 2. The topological polar surface area (TPSA) is 12.5 Å². The van der Waals surface area contributed by atoms with Gasteiger partial charge in [0.15, 0.2) is 0 Å². The maximum Gasteiger partial charge on any atom is 0.146 e. The summed E-state index contributed by atoms with van der Waals surface area (Å²) in [5, 5.41) is 0. The van der Waals surface area contributed by atoms with Crippen LogP contribution in [0, 0.1) is 5.82 Å². The highest BCUT2D eigenvalue weighted by Crippen LogP contribution is 2.24. The first-order valence-corrected chi connectivity index (χ1v) is 5.80. The Balaban J connectivity index is 2.21. The Morgan fingerprint density at radius 1 is 1.25 bits per heavy atom. The molecule has 0 aliphatic carbocycles. The molecule has 1 aliphatic heterocycles. The van der Waals surface area contributed by atoms with Gasteiger partial charge in [0, 0.05) is 13.1 Å². The minimum absolute atomic E-state index is 0.117. The van der Waals surface area contributed by atoms with Crippen molar-refractivity contribution in [1.29, 1.82) is 0 Å². The van der Waals surface area contributed by atoms with Gasteiger partial charge >= 0.3 is 0 Å². The lowest BCUT2D eigenvalue weighted by atomic mass is 10.0. The second kappa shape index (κ2) is 4.83. The average molecular weight is 223 g/mol. The van der Waals surface area contributed by atoms with Crippen LogP contribution in [0.3, 0.4) is 0 Å². The minimum atomic E-state index is -0.117. The molecule has 16 heavy (non-hydrogen) atoms. The summed E-state index contributed by atoms with van der Waals surface area (Å²) in [6.45, 7) is 7.07. The van der Waals surface area contributed by atoms with Crippen molar-refractivity contribution in [3.63, 3.8) is 0 Å². The quantitative estimate of drug-likeness (QED) is 0.764. The van der Waals surface area contributed by atoms with Crippen LogP contribution < -0.4 is 4.90 Å². The standard InChI is InChI=1S/C13H18FNO/c1-10(2)11-3-4-13(12(14)9-11)15-5-7-16-8-6-15/h3-4,9-10H,5-8H2,1-2H3. The highest BCUT2D eigenvalue weighted by molar-refractivity contribution is 5.49. The van der Waals surface area contributed by atoms with E-state index in [0.29, 0.717) is 24.8 Å². The molecule has 0 saturated carbocycles. The average Bonchev–Trinajstić information content (AvgIpc) is 2.30. The van der Waals surface area contributed by atoms with Gasteiger partial charge in [0.1, 0.15) is 5.82 Å².